The summed E-state index contributed by atoms with van der Waals surface area (Å²) in [6, 6.07) is 7.38. The normalized spacial score (nSPS) is 12.1. The first kappa shape index (κ1) is 18.4. The van der Waals surface area contributed by atoms with Crippen LogP contribution in [0.25, 0.3) is 11.4 Å². The highest BCUT2D eigenvalue weighted by Gasteiger charge is 2.11. The van der Waals surface area contributed by atoms with Gasteiger partial charge < -0.3 is 5.32 Å². The molecule has 2 aromatic rings. The maximum atomic E-state index is 12.1. The van der Waals surface area contributed by atoms with Crippen molar-refractivity contribution in [3.8, 4) is 11.4 Å². The molecule has 0 spiro atoms. The van der Waals surface area contributed by atoms with E-state index in [0.29, 0.717) is 10.8 Å². The molecule has 0 aliphatic rings. The SMILES string of the molecule is CCCCCC[C@H](C)NC(=O)Cn1nnc(-c2cccc(Cl)c2)n1. The van der Waals surface area contributed by atoms with Crippen LogP contribution in [0.1, 0.15) is 46.0 Å². The lowest BCUT2D eigenvalue weighted by Crippen LogP contribution is -2.35. The van der Waals surface area contributed by atoms with E-state index >= 15 is 0 Å². The maximum Gasteiger partial charge on any atom is 0.243 e. The van der Waals surface area contributed by atoms with Gasteiger partial charge in [-0.1, -0.05) is 56.3 Å². The smallest absolute Gasteiger partial charge is 0.243 e. The summed E-state index contributed by atoms with van der Waals surface area (Å²) in [5.41, 5.74) is 0.776. The van der Waals surface area contributed by atoms with E-state index in [4.69, 9.17) is 11.6 Å². The van der Waals surface area contributed by atoms with Crippen molar-refractivity contribution in [3.63, 3.8) is 0 Å². The Morgan fingerprint density at radius 3 is 2.92 bits per heavy atom. The second-order valence-electron chi connectivity index (χ2n) is 5.97. The molecule has 1 heterocycles. The van der Waals surface area contributed by atoms with Crippen LogP contribution in [0.4, 0.5) is 0 Å². The number of carbonyl (C=O) groups excluding carboxylic acids is 1. The van der Waals surface area contributed by atoms with Crippen molar-refractivity contribution in [2.75, 3.05) is 0 Å². The second kappa shape index (κ2) is 9.37. The molecule has 0 aliphatic heterocycles. The molecule has 6 nitrogen and oxygen atoms in total. The standard InChI is InChI=1S/C17H24ClN5O/c1-3-4-5-6-8-13(2)19-16(24)12-23-21-17(20-22-23)14-9-7-10-15(18)11-14/h7,9-11,13H,3-6,8,12H2,1-2H3,(H,19,24)/t13-/m0/s1. The molecule has 0 fully saturated rings. The maximum absolute atomic E-state index is 12.1. The van der Waals surface area contributed by atoms with Crippen LogP contribution in [-0.4, -0.2) is 32.2 Å². The first-order chi connectivity index (χ1) is 11.6. The van der Waals surface area contributed by atoms with Gasteiger partial charge in [0.1, 0.15) is 6.54 Å². The highest BCUT2D eigenvalue weighted by atomic mass is 35.5. The molecule has 130 valence electrons. The highest BCUT2D eigenvalue weighted by molar-refractivity contribution is 6.30. The Kier molecular flexibility index (Phi) is 7.18. The number of benzene rings is 1. The summed E-state index contributed by atoms with van der Waals surface area (Å²) in [5, 5.41) is 15.7. The average Bonchev–Trinajstić information content (AvgIpc) is 3.00. The van der Waals surface area contributed by atoms with Gasteiger partial charge >= 0.3 is 0 Å². The van der Waals surface area contributed by atoms with E-state index in [2.05, 4.69) is 27.7 Å². The van der Waals surface area contributed by atoms with Crippen LogP contribution < -0.4 is 5.32 Å². The molecule has 0 bridgehead atoms. The molecule has 24 heavy (non-hydrogen) atoms. The van der Waals surface area contributed by atoms with Crippen LogP contribution in [0.5, 0.6) is 0 Å². The van der Waals surface area contributed by atoms with Crippen molar-refractivity contribution in [2.24, 2.45) is 0 Å². The van der Waals surface area contributed by atoms with Crippen LogP contribution in [0.15, 0.2) is 24.3 Å². The largest absolute Gasteiger partial charge is 0.352 e. The van der Waals surface area contributed by atoms with Gasteiger partial charge in [0.15, 0.2) is 0 Å². The van der Waals surface area contributed by atoms with E-state index in [1.54, 1.807) is 12.1 Å². The third-order valence-corrected chi connectivity index (χ3v) is 3.95. The fourth-order valence-corrected chi connectivity index (χ4v) is 2.64. The number of amides is 1. The second-order valence-corrected chi connectivity index (χ2v) is 6.41. The number of tetrazole rings is 1. The molecule has 2 rings (SSSR count). The lowest BCUT2D eigenvalue weighted by molar-refractivity contribution is -0.122. The number of nitrogens with zero attached hydrogens (tertiary/aromatic N) is 4. The summed E-state index contributed by atoms with van der Waals surface area (Å²) in [7, 11) is 0. The van der Waals surface area contributed by atoms with Crippen molar-refractivity contribution in [1.82, 2.24) is 25.5 Å². The molecule has 1 aromatic carbocycles. The molecule has 1 atom stereocenters. The van der Waals surface area contributed by atoms with Crippen LogP contribution in [0, 0.1) is 0 Å². The number of hydrogen-bond acceptors (Lipinski definition) is 4. The Hall–Kier alpha value is -1.95. The Balaban J connectivity index is 1.82. The van der Waals surface area contributed by atoms with Crippen LogP contribution in [0.2, 0.25) is 5.02 Å². The van der Waals surface area contributed by atoms with E-state index < -0.39 is 0 Å². The number of carbonyl (C=O) groups is 1. The van der Waals surface area contributed by atoms with Gasteiger partial charge in [-0.2, -0.15) is 4.80 Å². The number of rotatable bonds is 9. The van der Waals surface area contributed by atoms with Crippen molar-refractivity contribution in [1.29, 1.82) is 0 Å². The zero-order valence-corrected chi connectivity index (χ0v) is 15.0. The lowest BCUT2D eigenvalue weighted by Gasteiger charge is -2.13. The molecule has 1 aromatic heterocycles. The molecular weight excluding hydrogens is 326 g/mol. The summed E-state index contributed by atoms with van der Waals surface area (Å²) in [5.74, 6) is 0.353. The van der Waals surface area contributed by atoms with Gasteiger partial charge in [-0.15, -0.1) is 10.2 Å². The monoisotopic (exact) mass is 349 g/mol. The fourth-order valence-electron chi connectivity index (χ4n) is 2.45. The van der Waals surface area contributed by atoms with Gasteiger partial charge in [-0.3, -0.25) is 4.79 Å². The minimum Gasteiger partial charge on any atom is -0.352 e. The molecule has 1 N–H and O–H groups in total. The lowest BCUT2D eigenvalue weighted by atomic mass is 10.1. The Labute approximate surface area is 147 Å². The summed E-state index contributed by atoms with van der Waals surface area (Å²) in [6.45, 7) is 4.27. The Morgan fingerprint density at radius 2 is 2.17 bits per heavy atom. The minimum absolute atomic E-state index is 0.0624. The van der Waals surface area contributed by atoms with Crippen molar-refractivity contribution >= 4 is 17.5 Å². The fraction of sp³-hybridized carbons (Fsp3) is 0.529. The quantitative estimate of drug-likeness (QED) is 0.703. The predicted molar refractivity (Wildman–Crippen MR) is 94.6 cm³/mol. The van der Waals surface area contributed by atoms with Gasteiger partial charge in [0.05, 0.1) is 0 Å². The molecular formula is C17H24ClN5O. The van der Waals surface area contributed by atoms with Crippen LogP contribution >= 0.6 is 11.6 Å². The molecule has 7 heteroatoms. The Bertz CT molecular complexity index is 658. The third kappa shape index (κ3) is 5.92. The zero-order valence-electron chi connectivity index (χ0n) is 14.2. The van der Waals surface area contributed by atoms with E-state index in [0.717, 1.165) is 18.4 Å². The molecule has 1 amide bonds. The van der Waals surface area contributed by atoms with Gasteiger partial charge in [0.25, 0.3) is 0 Å². The number of halogens is 1. The number of hydrogen-bond donors (Lipinski definition) is 1. The number of unbranched alkanes of at least 4 members (excludes halogenated alkanes) is 3. The van der Waals surface area contributed by atoms with Gasteiger partial charge in [-0.25, -0.2) is 0 Å². The highest BCUT2D eigenvalue weighted by Crippen LogP contribution is 2.18. The third-order valence-electron chi connectivity index (χ3n) is 3.72. The number of nitrogens with one attached hydrogen (secondary N) is 1. The summed E-state index contributed by atoms with van der Waals surface area (Å²) >= 11 is 5.96. The molecule has 0 saturated heterocycles. The first-order valence-corrected chi connectivity index (χ1v) is 8.79. The molecule has 0 radical (unpaired) electrons. The predicted octanol–water partition coefficient (Wildman–Crippen LogP) is 3.47. The average molecular weight is 350 g/mol. The van der Waals surface area contributed by atoms with Crippen molar-refractivity contribution in [2.45, 2.75) is 58.5 Å². The van der Waals surface area contributed by atoms with E-state index in [1.165, 1.54) is 24.1 Å². The van der Waals surface area contributed by atoms with Gasteiger partial charge in [-0.05, 0) is 30.7 Å². The topological polar surface area (TPSA) is 72.7 Å². The van der Waals surface area contributed by atoms with Crippen molar-refractivity contribution < 1.29 is 4.79 Å². The van der Waals surface area contributed by atoms with E-state index in [9.17, 15) is 4.79 Å². The van der Waals surface area contributed by atoms with E-state index in [1.807, 2.05) is 19.1 Å². The minimum atomic E-state index is -0.104. The summed E-state index contributed by atoms with van der Waals surface area (Å²) < 4.78 is 0. The molecule has 0 aliphatic carbocycles. The van der Waals surface area contributed by atoms with Crippen LogP contribution in [0.3, 0.4) is 0 Å². The molecule has 0 unspecified atom stereocenters. The number of aromatic nitrogens is 4. The van der Waals surface area contributed by atoms with E-state index in [-0.39, 0.29) is 18.5 Å². The molecule has 0 saturated carbocycles. The first-order valence-electron chi connectivity index (χ1n) is 8.41. The Morgan fingerprint density at radius 1 is 1.33 bits per heavy atom. The summed E-state index contributed by atoms with van der Waals surface area (Å²) in [6.07, 6.45) is 5.80. The zero-order chi connectivity index (χ0) is 17.4. The van der Waals surface area contributed by atoms with Gasteiger partial charge in [0, 0.05) is 16.6 Å². The summed E-state index contributed by atoms with van der Waals surface area (Å²) in [4.78, 5) is 13.4. The van der Waals surface area contributed by atoms with Crippen LogP contribution in [-0.2, 0) is 11.3 Å². The van der Waals surface area contributed by atoms with Crippen molar-refractivity contribution in [3.05, 3.63) is 29.3 Å². The van der Waals surface area contributed by atoms with Gasteiger partial charge in [0.2, 0.25) is 11.7 Å².